The number of carbonyl (C=O) groups excluding carboxylic acids is 2. The first-order valence-corrected chi connectivity index (χ1v) is 10.7. The van der Waals surface area contributed by atoms with Gasteiger partial charge in [0.25, 0.3) is 17.5 Å². The average molecular weight is 457 g/mol. The molecule has 162 valence electrons. The lowest BCUT2D eigenvalue weighted by Crippen LogP contribution is -2.50. The lowest BCUT2D eigenvalue weighted by Gasteiger charge is -2.19. The highest BCUT2D eigenvalue weighted by Gasteiger charge is 2.63. The predicted octanol–water partition coefficient (Wildman–Crippen LogP) is 3.64. The molecule has 0 bridgehead atoms. The third kappa shape index (κ3) is 3.46. The minimum Gasteiger partial charge on any atom is -0.303 e. The Balaban J connectivity index is 1.61. The van der Waals surface area contributed by atoms with E-state index in [0.29, 0.717) is 16.9 Å². The van der Waals surface area contributed by atoms with Crippen molar-refractivity contribution in [3.63, 3.8) is 0 Å². The summed E-state index contributed by atoms with van der Waals surface area (Å²) in [6.45, 7) is 0. The molecule has 5 rings (SSSR count). The summed E-state index contributed by atoms with van der Waals surface area (Å²) in [5, 5.41) is 19.7. The Morgan fingerprint density at radius 3 is 2.21 bits per heavy atom. The predicted molar refractivity (Wildman–Crippen MR) is 126 cm³/mol. The Labute approximate surface area is 192 Å². The molecule has 3 aromatic carbocycles. The third-order valence-electron chi connectivity index (χ3n) is 5.16. The second-order valence-corrected chi connectivity index (χ2v) is 8.40. The van der Waals surface area contributed by atoms with Crippen molar-refractivity contribution in [2.75, 3.05) is 5.01 Å². The topological polar surface area (TPSA) is 117 Å². The van der Waals surface area contributed by atoms with Gasteiger partial charge >= 0.3 is 0 Å². The molecule has 2 aliphatic heterocycles. The van der Waals surface area contributed by atoms with Crippen molar-refractivity contribution in [3.05, 3.63) is 101 Å². The van der Waals surface area contributed by atoms with Crippen molar-refractivity contribution < 1.29 is 14.5 Å². The molecule has 1 fully saturated rings. The van der Waals surface area contributed by atoms with Gasteiger partial charge in [-0.05, 0) is 36.4 Å². The van der Waals surface area contributed by atoms with E-state index in [1.807, 2.05) is 24.3 Å². The fourth-order valence-electron chi connectivity index (χ4n) is 3.58. The Morgan fingerprint density at radius 2 is 1.58 bits per heavy atom. The van der Waals surface area contributed by atoms with Gasteiger partial charge in [-0.25, -0.2) is 4.99 Å². The van der Waals surface area contributed by atoms with Gasteiger partial charge in [0.1, 0.15) is 5.71 Å². The van der Waals surface area contributed by atoms with Crippen molar-refractivity contribution in [1.29, 1.82) is 0 Å². The number of nitrogens with one attached hydrogen (secondary N) is 1. The second kappa shape index (κ2) is 7.99. The van der Waals surface area contributed by atoms with Crippen LogP contribution in [0.15, 0.2) is 95.0 Å². The van der Waals surface area contributed by atoms with Gasteiger partial charge in [0.05, 0.1) is 16.3 Å². The lowest BCUT2D eigenvalue weighted by molar-refractivity contribution is -0.384. The zero-order valence-electron chi connectivity index (χ0n) is 16.9. The smallest absolute Gasteiger partial charge is 0.280 e. The molecule has 2 amide bonds. The molecule has 1 N–H and O–H groups in total. The van der Waals surface area contributed by atoms with E-state index in [9.17, 15) is 19.7 Å². The molecule has 0 radical (unpaired) electrons. The van der Waals surface area contributed by atoms with E-state index in [1.54, 1.807) is 36.4 Å². The number of thioether (sulfide) groups is 1. The van der Waals surface area contributed by atoms with E-state index in [1.165, 1.54) is 29.3 Å². The monoisotopic (exact) mass is 457 g/mol. The number of hydrogen-bond donors (Lipinski definition) is 1. The quantitative estimate of drug-likeness (QED) is 0.365. The SMILES string of the molecule is O=C1NC(=Nc2ccccc2)SC12C(=O)N(c1ccccc1)N=C2c1ccc([N+](=O)[O-])cc1. The molecule has 3 aromatic rings. The molecule has 2 heterocycles. The highest BCUT2D eigenvalue weighted by Crippen LogP contribution is 2.43. The number of hydrogen-bond acceptors (Lipinski definition) is 7. The number of benzene rings is 3. The van der Waals surface area contributed by atoms with Gasteiger partial charge in [-0.2, -0.15) is 10.1 Å². The molecule has 1 atom stereocenters. The maximum absolute atomic E-state index is 13.7. The van der Waals surface area contributed by atoms with Crippen LogP contribution in [0.3, 0.4) is 0 Å². The van der Waals surface area contributed by atoms with Crippen LogP contribution in [0.1, 0.15) is 5.56 Å². The number of hydrazone groups is 1. The number of nitro groups is 1. The van der Waals surface area contributed by atoms with Crippen LogP contribution in [0.2, 0.25) is 0 Å². The number of amides is 2. The van der Waals surface area contributed by atoms with E-state index in [4.69, 9.17) is 0 Å². The Bertz CT molecular complexity index is 1330. The standard InChI is InChI=1S/C23H15N5O4S/c29-20-23(33-22(25-20)24-16-7-3-1-4-8-16)19(15-11-13-18(14-12-15)28(31)32)26-27(21(23)30)17-9-5-2-6-10-17/h1-14H,(H,24,25,29). The largest absolute Gasteiger partial charge is 0.303 e. The number of nitrogens with zero attached hydrogens (tertiary/aromatic N) is 4. The first kappa shape index (κ1) is 20.6. The Hall–Kier alpha value is -4.31. The van der Waals surface area contributed by atoms with Gasteiger partial charge in [-0.1, -0.05) is 48.2 Å². The second-order valence-electron chi connectivity index (χ2n) is 7.19. The van der Waals surface area contributed by atoms with Crippen LogP contribution in [0, 0.1) is 10.1 Å². The van der Waals surface area contributed by atoms with Gasteiger partial charge in [0.15, 0.2) is 5.17 Å². The summed E-state index contributed by atoms with van der Waals surface area (Å²) in [7, 11) is 0. The van der Waals surface area contributed by atoms with E-state index in [-0.39, 0.29) is 16.6 Å². The fourth-order valence-corrected chi connectivity index (χ4v) is 4.74. The molecule has 0 aromatic heterocycles. The van der Waals surface area contributed by atoms with E-state index < -0.39 is 21.5 Å². The van der Waals surface area contributed by atoms with Crippen LogP contribution in [0.25, 0.3) is 0 Å². The molecule has 1 spiro atoms. The molecule has 2 aliphatic rings. The highest BCUT2D eigenvalue weighted by atomic mass is 32.2. The average Bonchev–Trinajstić information content (AvgIpc) is 3.32. The lowest BCUT2D eigenvalue weighted by atomic mass is 9.94. The van der Waals surface area contributed by atoms with Crippen molar-refractivity contribution in [3.8, 4) is 0 Å². The molecule has 0 aliphatic carbocycles. The first-order chi connectivity index (χ1) is 16.0. The fraction of sp³-hybridized carbons (Fsp3) is 0.0435. The van der Waals surface area contributed by atoms with Gasteiger partial charge in [0.2, 0.25) is 4.75 Å². The molecule has 0 saturated carbocycles. The number of carbonyl (C=O) groups is 2. The molecule has 9 nitrogen and oxygen atoms in total. The molecular formula is C23H15N5O4S. The first-order valence-electron chi connectivity index (χ1n) is 9.87. The normalized spacial score (nSPS) is 20.9. The van der Waals surface area contributed by atoms with E-state index in [0.717, 1.165) is 11.8 Å². The number of aliphatic imine (C=N–C) groups is 1. The Morgan fingerprint density at radius 1 is 0.939 bits per heavy atom. The number of non-ortho nitro benzene ring substituents is 1. The molecule has 1 saturated heterocycles. The van der Waals surface area contributed by atoms with Crippen molar-refractivity contribution in [2.24, 2.45) is 10.1 Å². The van der Waals surface area contributed by atoms with Gasteiger partial charge in [-0.15, -0.1) is 0 Å². The minimum absolute atomic E-state index is 0.104. The maximum atomic E-state index is 13.7. The van der Waals surface area contributed by atoms with Gasteiger partial charge in [0, 0.05) is 17.7 Å². The van der Waals surface area contributed by atoms with Crippen LogP contribution in [-0.2, 0) is 9.59 Å². The molecule has 33 heavy (non-hydrogen) atoms. The van der Waals surface area contributed by atoms with E-state index in [2.05, 4.69) is 15.4 Å². The maximum Gasteiger partial charge on any atom is 0.280 e. The molecular weight excluding hydrogens is 442 g/mol. The summed E-state index contributed by atoms with van der Waals surface area (Å²) < 4.78 is -1.71. The zero-order chi connectivity index (χ0) is 23.0. The molecule has 10 heteroatoms. The number of anilines is 1. The number of nitro benzene ring substituents is 1. The van der Waals surface area contributed by atoms with E-state index >= 15 is 0 Å². The van der Waals surface area contributed by atoms with Crippen molar-refractivity contribution >= 4 is 51.5 Å². The number of rotatable bonds is 4. The number of para-hydroxylation sites is 2. The van der Waals surface area contributed by atoms with Gasteiger partial charge in [-0.3, -0.25) is 19.7 Å². The van der Waals surface area contributed by atoms with Crippen molar-refractivity contribution in [1.82, 2.24) is 5.32 Å². The summed E-state index contributed by atoms with van der Waals surface area (Å²) in [5.41, 5.74) is 1.63. The number of amidine groups is 1. The summed E-state index contributed by atoms with van der Waals surface area (Å²) >= 11 is 0.977. The minimum atomic E-state index is -1.71. The van der Waals surface area contributed by atoms with Crippen molar-refractivity contribution in [2.45, 2.75) is 4.75 Å². The van der Waals surface area contributed by atoms with Crippen LogP contribution < -0.4 is 10.3 Å². The summed E-state index contributed by atoms with van der Waals surface area (Å²) in [4.78, 5) is 42.0. The third-order valence-corrected chi connectivity index (χ3v) is 6.40. The van der Waals surface area contributed by atoms with Crippen LogP contribution >= 0.6 is 11.8 Å². The molecule has 1 unspecified atom stereocenters. The summed E-state index contributed by atoms with van der Waals surface area (Å²) in [6.07, 6.45) is 0. The summed E-state index contributed by atoms with van der Waals surface area (Å²) in [6, 6.07) is 23.4. The summed E-state index contributed by atoms with van der Waals surface area (Å²) in [5.74, 6) is -1.11. The zero-order valence-corrected chi connectivity index (χ0v) is 17.7. The highest BCUT2D eigenvalue weighted by molar-refractivity contribution is 8.17. The Kier molecular flexibility index (Phi) is 4.98. The van der Waals surface area contributed by atoms with Gasteiger partial charge < -0.3 is 5.32 Å². The van der Waals surface area contributed by atoms with Crippen LogP contribution in [0.5, 0.6) is 0 Å². The van der Waals surface area contributed by atoms with Crippen LogP contribution in [-0.4, -0.2) is 32.4 Å². The van der Waals surface area contributed by atoms with Crippen LogP contribution in [0.4, 0.5) is 17.1 Å².